The Balaban J connectivity index is 1.37. The van der Waals surface area contributed by atoms with E-state index in [1.165, 1.54) is 10.7 Å². The van der Waals surface area contributed by atoms with E-state index in [1.807, 2.05) is 12.1 Å². The van der Waals surface area contributed by atoms with Crippen LogP contribution in [0.2, 0.25) is 5.02 Å². The molecule has 3 heterocycles. The maximum Gasteiger partial charge on any atom is 0.286 e. The van der Waals surface area contributed by atoms with Crippen LogP contribution in [-0.4, -0.2) is 50.1 Å². The molecule has 1 aliphatic heterocycles. The van der Waals surface area contributed by atoms with Gasteiger partial charge in [0, 0.05) is 24.3 Å². The van der Waals surface area contributed by atoms with Gasteiger partial charge in [0.2, 0.25) is 0 Å². The highest BCUT2D eigenvalue weighted by Gasteiger charge is 2.26. The quantitative estimate of drug-likeness (QED) is 0.724. The standard InChI is InChI=1S/C19H20ClN5O3/c1-12-22-19-21-10-16(18(27)25(19)23-12)17(26)24-8-6-13(7-9-24)11-28-15-4-2-14(20)3-5-15/h2-5,10,13H,6-9,11H2,1H3,(H,21,22,23). The number of hydrogen-bond acceptors (Lipinski definition) is 5. The summed E-state index contributed by atoms with van der Waals surface area (Å²) in [6.07, 6.45) is 2.95. The van der Waals surface area contributed by atoms with Crippen LogP contribution in [0.4, 0.5) is 0 Å². The van der Waals surface area contributed by atoms with Crippen LogP contribution in [-0.2, 0) is 0 Å². The van der Waals surface area contributed by atoms with E-state index in [0.29, 0.717) is 36.5 Å². The number of amides is 1. The summed E-state index contributed by atoms with van der Waals surface area (Å²) in [4.78, 5) is 35.2. The SMILES string of the molecule is Cc1nc2ncc(C(=O)N3CCC(COc4ccc(Cl)cc4)CC3)c(=O)n2[nH]1. The lowest BCUT2D eigenvalue weighted by molar-refractivity contribution is 0.0658. The van der Waals surface area contributed by atoms with E-state index < -0.39 is 5.56 Å². The van der Waals surface area contributed by atoms with Crippen LogP contribution >= 0.6 is 11.6 Å². The Morgan fingerprint density at radius 2 is 2.00 bits per heavy atom. The molecule has 8 nitrogen and oxygen atoms in total. The van der Waals surface area contributed by atoms with Crippen molar-refractivity contribution in [3.05, 3.63) is 57.2 Å². The van der Waals surface area contributed by atoms with Crippen molar-refractivity contribution < 1.29 is 9.53 Å². The smallest absolute Gasteiger partial charge is 0.286 e. The van der Waals surface area contributed by atoms with Gasteiger partial charge in [-0.25, -0.2) is 4.98 Å². The molecule has 1 saturated heterocycles. The predicted octanol–water partition coefficient (Wildman–Crippen LogP) is 2.31. The number of nitrogens with zero attached hydrogens (tertiary/aromatic N) is 4. The number of aryl methyl sites for hydroxylation is 1. The van der Waals surface area contributed by atoms with Gasteiger partial charge in [-0.05, 0) is 49.9 Å². The number of benzene rings is 1. The number of rotatable bonds is 4. The summed E-state index contributed by atoms with van der Waals surface area (Å²) >= 11 is 5.87. The van der Waals surface area contributed by atoms with Crippen LogP contribution in [0.3, 0.4) is 0 Å². The third kappa shape index (κ3) is 3.73. The lowest BCUT2D eigenvalue weighted by atomic mass is 9.97. The van der Waals surface area contributed by atoms with Gasteiger partial charge in [-0.15, -0.1) is 0 Å². The molecule has 4 rings (SSSR count). The molecule has 146 valence electrons. The van der Waals surface area contributed by atoms with Gasteiger partial charge in [0.25, 0.3) is 17.2 Å². The Kier molecular flexibility index (Phi) is 5.04. The molecule has 0 bridgehead atoms. The van der Waals surface area contributed by atoms with Crippen LogP contribution in [0.15, 0.2) is 35.3 Å². The average Bonchev–Trinajstić information content (AvgIpc) is 3.09. The number of hydrogen-bond donors (Lipinski definition) is 1. The zero-order valence-electron chi connectivity index (χ0n) is 15.4. The van der Waals surface area contributed by atoms with E-state index in [0.717, 1.165) is 18.6 Å². The summed E-state index contributed by atoms with van der Waals surface area (Å²) in [6, 6.07) is 7.27. The summed E-state index contributed by atoms with van der Waals surface area (Å²) in [5.41, 5.74) is -0.374. The Bertz CT molecular complexity index is 1050. The first-order valence-corrected chi connectivity index (χ1v) is 9.51. The highest BCUT2D eigenvalue weighted by Crippen LogP contribution is 2.21. The lowest BCUT2D eigenvalue weighted by Crippen LogP contribution is -2.42. The van der Waals surface area contributed by atoms with E-state index in [4.69, 9.17) is 16.3 Å². The highest BCUT2D eigenvalue weighted by atomic mass is 35.5. The molecule has 2 aromatic heterocycles. The molecule has 0 spiro atoms. The zero-order valence-corrected chi connectivity index (χ0v) is 16.1. The summed E-state index contributed by atoms with van der Waals surface area (Å²) < 4.78 is 7.02. The molecule has 1 N–H and O–H groups in total. The van der Waals surface area contributed by atoms with E-state index in [9.17, 15) is 9.59 Å². The van der Waals surface area contributed by atoms with Gasteiger partial charge in [0.1, 0.15) is 17.1 Å². The van der Waals surface area contributed by atoms with Crippen molar-refractivity contribution in [3.63, 3.8) is 0 Å². The number of nitrogens with one attached hydrogen (secondary N) is 1. The third-order valence-electron chi connectivity index (χ3n) is 4.92. The van der Waals surface area contributed by atoms with E-state index in [-0.39, 0.29) is 17.2 Å². The normalized spacial score (nSPS) is 15.1. The Labute approximate surface area is 166 Å². The van der Waals surface area contributed by atoms with Gasteiger partial charge in [0.15, 0.2) is 0 Å². The second kappa shape index (κ2) is 7.63. The molecule has 0 unspecified atom stereocenters. The molecule has 3 aromatic rings. The van der Waals surface area contributed by atoms with Crippen molar-refractivity contribution in [1.82, 2.24) is 24.5 Å². The predicted molar refractivity (Wildman–Crippen MR) is 104 cm³/mol. The van der Waals surface area contributed by atoms with Crippen LogP contribution in [0.5, 0.6) is 5.75 Å². The molecule has 1 aromatic carbocycles. The molecule has 0 atom stereocenters. The molecule has 28 heavy (non-hydrogen) atoms. The number of H-pyrrole nitrogens is 1. The largest absolute Gasteiger partial charge is 0.493 e. The monoisotopic (exact) mass is 401 g/mol. The summed E-state index contributed by atoms with van der Waals surface area (Å²) in [5, 5.41) is 3.48. The average molecular weight is 402 g/mol. The molecule has 1 amide bonds. The number of likely N-dealkylation sites (tertiary alicyclic amines) is 1. The molecule has 9 heteroatoms. The molecular formula is C19H20ClN5O3. The molecular weight excluding hydrogens is 382 g/mol. The number of ether oxygens (including phenoxy) is 1. The number of piperidine rings is 1. The van der Waals surface area contributed by atoms with E-state index >= 15 is 0 Å². The Hall–Kier alpha value is -2.87. The van der Waals surface area contributed by atoms with Gasteiger partial charge in [0.05, 0.1) is 6.61 Å². The first kappa shape index (κ1) is 18.5. The van der Waals surface area contributed by atoms with Crippen molar-refractivity contribution in [2.75, 3.05) is 19.7 Å². The number of carbonyl (C=O) groups excluding carboxylic acids is 1. The van der Waals surface area contributed by atoms with Gasteiger partial charge < -0.3 is 9.64 Å². The molecule has 0 aliphatic carbocycles. The molecule has 0 radical (unpaired) electrons. The van der Waals surface area contributed by atoms with Crippen molar-refractivity contribution in [1.29, 1.82) is 0 Å². The van der Waals surface area contributed by atoms with Gasteiger partial charge in [-0.1, -0.05) is 11.6 Å². The fraction of sp³-hybridized carbons (Fsp3) is 0.368. The zero-order chi connectivity index (χ0) is 19.7. The number of carbonyl (C=O) groups is 1. The molecule has 1 aliphatic rings. The minimum absolute atomic E-state index is 0.0528. The van der Waals surface area contributed by atoms with Crippen molar-refractivity contribution in [3.8, 4) is 5.75 Å². The fourth-order valence-electron chi connectivity index (χ4n) is 3.33. The first-order chi connectivity index (χ1) is 13.5. The second-order valence-electron chi connectivity index (χ2n) is 6.92. The number of fused-ring (bicyclic) bond motifs is 1. The maximum absolute atomic E-state index is 12.8. The second-order valence-corrected chi connectivity index (χ2v) is 7.36. The van der Waals surface area contributed by atoms with Crippen LogP contribution in [0, 0.1) is 12.8 Å². The number of halogens is 1. The summed E-state index contributed by atoms with van der Waals surface area (Å²) in [5.74, 6) is 1.67. The summed E-state index contributed by atoms with van der Waals surface area (Å²) in [6.45, 7) is 3.48. The number of aromatic amines is 1. The first-order valence-electron chi connectivity index (χ1n) is 9.13. The van der Waals surface area contributed by atoms with E-state index in [2.05, 4.69) is 15.1 Å². The third-order valence-corrected chi connectivity index (χ3v) is 5.17. The Morgan fingerprint density at radius 1 is 1.29 bits per heavy atom. The fourth-order valence-corrected chi connectivity index (χ4v) is 3.45. The molecule has 0 saturated carbocycles. The Morgan fingerprint density at radius 3 is 2.71 bits per heavy atom. The van der Waals surface area contributed by atoms with Crippen molar-refractivity contribution in [2.24, 2.45) is 5.92 Å². The van der Waals surface area contributed by atoms with Gasteiger partial charge in [-0.2, -0.15) is 9.50 Å². The van der Waals surface area contributed by atoms with Crippen molar-refractivity contribution in [2.45, 2.75) is 19.8 Å². The van der Waals surface area contributed by atoms with E-state index in [1.54, 1.807) is 24.0 Å². The highest BCUT2D eigenvalue weighted by molar-refractivity contribution is 6.30. The van der Waals surface area contributed by atoms with Crippen LogP contribution in [0.1, 0.15) is 29.0 Å². The number of aromatic nitrogens is 4. The van der Waals surface area contributed by atoms with Crippen LogP contribution < -0.4 is 10.3 Å². The minimum atomic E-state index is -0.427. The lowest BCUT2D eigenvalue weighted by Gasteiger charge is -2.31. The maximum atomic E-state index is 12.8. The van der Waals surface area contributed by atoms with Crippen molar-refractivity contribution >= 4 is 23.3 Å². The van der Waals surface area contributed by atoms with Gasteiger partial charge >= 0.3 is 0 Å². The van der Waals surface area contributed by atoms with Crippen LogP contribution in [0.25, 0.3) is 5.78 Å². The molecule has 1 fully saturated rings. The topological polar surface area (TPSA) is 92.6 Å². The minimum Gasteiger partial charge on any atom is -0.493 e. The van der Waals surface area contributed by atoms with Gasteiger partial charge in [-0.3, -0.25) is 14.7 Å². The summed E-state index contributed by atoms with van der Waals surface area (Å²) in [7, 11) is 0.